The summed E-state index contributed by atoms with van der Waals surface area (Å²) in [4.78, 5) is 4.09. The molecule has 5 heteroatoms. The van der Waals surface area contributed by atoms with Gasteiger partial charge in [-0.15, -0.1) is 0 Å². The standard InChI is InChI=1S/C12H14ClN3O/c1-2-16-8-14-6-10(16)7-15-9-3-4-12(17)11(13)5-9/h3-6,8,15,17H,2,7H2,1H3. The number of hydrogen-bond donors (Lipinski definition) is 2. The highest BCUT2D eigenvalue weighted by molar-refractivity contribution is 6.32. The number of nitrogens with zero attached hydrogens (tertiary/aromatic N) is 2. The molecule has 0 fully saturated rings. The monoisotopic (exact) mass is 251 g/mol. The highest BCUT2D eigenvalue weighted by Gasteiger charge is 2.02. The number of imidazole rings is 1. The highest BCUT2D eigenvalue weighted by atomic mass is 35.5. The molecule has 1 aromatic heterocycles. The van der Waals surface area contributed by atoms with E-state index in [2.05, 4.69) is 21.8 Å². The lowest BCUT2D eigenvalue weighted by Gasteiger charge is -2.09. The first kappa shape index (κ1) is 11.8. The van der Waals surface area contributed by atoms with Crippen LogP contribution in [0.2, 0.25) is 5.02 Å². The van der Waals surface area contributed by atoms with Gasteiger partial charge in [0.25, 0.3) is 0 Å². The van der Waals surface area contributed by atoms with Crippen molar-refractivity contribution in [3.63, 3.8) is 0 Å². The van der Waals surface area contributed by atoms with Gasteiger partial charge in [0.1, 0.15) is 5.75 Å². The Labute approximate surface area is 105 Å². The summed E-state index contributed by atoms with van der Waals surface area (Å²) in [5.74, 6) is 0.0933. The molecule has 17 heavy (non-hydrogen) atoms. The van der Waals surface area contributed by atoms with E-state index in [1.165, 1.54) is 0 Å². The number of rotatable bonds is 4. The number of nitrogens with one attached hydrogen (secondary N) is 1. The Kier molecular flexibility index (Phi) is 3.54. The number of aromatic hydroxyl groups is 1. The average Bonchev–Trinajstić information content (AvgIpc) is 2.78. The third-order valence-electron chi connectivity index (χ3n) is 2.56. The van der Waals surface area contributed by atoms with Crippen molar-refractivity contribution in [3.05, 3.63) is 41.4 Å². The van der Waals surface area contributed by atoms with Crippen molar-refractivity contribution in [2.45, 2.75) is 20.0 Å². The fourth-order valence-electron chi connectivity index (χ4n) is 1.59. The molecule has 0 spiro atoms. The Balaban J connectivity index is 2.05. The maximum absolute atomic E-state index is 9.30. The molecule has 0 unspecified atom stereocenters. The van der Waals surface area contributed by atoms with Crippen LogP contribution in [-0.2, 0) is 13.1 Å². The number of hydrogen-bond acceptors (Lipinski definition) is 3. The first-order valence-electron chi connectivity index (χ1n) is 5.42. The average molecular weight is 252 g/mol. The molecule has 1 heterocycles. The van der Waals surface area contributed by atoms with Crippen molar-refractivity contribution >= 4 is 17.3 Å². The molecule has 0 aliphatic heterocycles. The van der Waals surface area contributed by atoms with Crippen LogP contribution >= 0.6 is 11.6 Å². The van der Waals surface area contributed by atoms with E-state index in [0.29, 0.717) is 11.6 Å². The fourth-order valence-corrected chi connectivity index (χ4v) is 1.77. The van der Waals surface area contributed by atoms with Gasteiger partial charge in [-0.3, -0.25) is 0 Å². The van der Waals surface area contributed by atoms with Gasteiger partial charge in [0.15, 0.2) is 0 Å². The molecule has 0 atom stereocenters. The van der Waals surface area contributed by atoms with Crippen LogP contribution in [0, 0.1) is 0 Å². The third kappa shape index (κ3) is 2.71. The molecule has 2 rings (SSSR count). The van der Waals surface area contributed by atoms with Crippen LogP contribution in [0.25, 0.3) is 0 Å². The molecule has 1 aromatic carbocycles. The molecule has 0 bridgehead atoms. The molecule has 4 nitrogen and oxygen atoms in total. The van der Waals surface area contributed by atoms with Crippen LogP contribution in [0.3, 0.4) is 0 Å². The minimum atomic E-state index is 0.0933. The molecule has 0 radical (unpaired) electrons. The van der Waals surface area contributed by atoms with Crippen LogP contribution in [0.1, 0.15) is 12.6 Å². The first-order chi connectivity index (χ1) is 8.20. The summed E-state index contributed by atoms with van der Waals surface area (Å²) < 4.78 is 2.06. The molecule has 2 aromatic rings. The smallest absolute Gasteiger partial charge is 0.134 e. The van der Waals surface area contributed by atoms with Crippen molar-refractivity contribution in [3.8, 4) is 5.75 Å². The number of halogens is 1. The third-order valence-corrected chi connectivity index (χ3v) is 2.86. The van der Waals surface area contributed by atoms with Crippen molar-refractivity contribution in [2.75, 3.05) is 5.32 Å². The number of aryl methyl sites for hydroxylation is 1. The number of phenolic OH excluding ortho intramolecular Hbond substituents is 1. The van der Waals surface area contributed by atoms with Gasteiger partial charge in [-0.1, -0.05) is 11.6 Å². The normalized spacial score (nSPS) is 10.5. The summed E-state index contributed by atoms with van der Waals surface area (Å²) in [5, 5.41) is 12.9. The van der Waals surface area contributed by atoms with Crippen LogP contribution in [0.15, 0.2) is 30.7 Å². The molecule has 90 valence electrons. The second kappa shape index (κ2) is 5.10. The summed E-state index contributed by atoms with van der Waals surface area (Å²) in [6, 6.07) is 5.05. The van der Waals surface area contributed by atoms with Gasteiger partial charge < -0.3 is 15.0 Å². The molecular formula is C12H14ClN3O. The Morgan fingerprint density at radius 2 is 2.29 bits per heavy atom. The maximum Gasteiger partial charge on any atom is 0.134 e. The van der Waals surface area contributed by atoms with E-state index in [1.54, 1.807) is 24.5 Å². The van der Waals surface area contributed by atoms with E-state index in [-0.39, 0.29) is 5.75 Å². The van der Waals surface area contributed by atoms with E-state index in [0.717, 1.165) is 17.9 Å². The predicted molar refractivity (Wildman–Crippen MR) is 68.3 cm³/mol. The summed E-state index contributed by atoms with van der Waals surface area (Å²) in [5.41, 5.74) is 1.98. The summed E-state index contributed by atoms with van der Waals surface area (Å²) in [6.45, 7) is 3.64. The molecule has 0 saturated heterocycles. The van der Waals surface area contributed by atoms with Gasteiger partial charge in [0.05, 0.1) is 23.6 Å². The molecule has 0 aliphatic carbocycles. The number of aromatic nitrogens is 2. The van der Waals surface area contributed by atoms with E-state index in [4.69, 9.17) is 11.6 Å². The molecule has 0 saturated carbocycles. The van der Waals surface area contributed by atoms with E-state index >= 15 is 0 Å². The minimum absolute atomic E-state index is 0.0933. The lowest BCUT2D eigenvalue weighted by molar-refractivity contribution is 0.475. The van der Waals surface area contributed by atoms with Gasteiger partial charge in [0, 0.05) is 18.4 Å². The Morgan fingerprint density at radius 3 is 3.00 bits per heavy atom. The zero-order valence-electron chi connectivity index (χ0n) is 9.52. The number of phenols is 1. The van der Waals surface area contributed by atoms with Gasteiger partial charge in [0.2, 0.25) is 0 Å². The topological polar surface area (TPSA) is 50.1 Å². The number of anilines is 1. The fraction of sp³-hybridized carbons (Fsp3) is 0.250. The van der Waals surface area contributed by atoms with Gasteiger partial charge in [-0.2, -0.15) is 0 Å². The van der Waals surface area contributed by atoms with Crippen LogP contribution in [0.5, 0.6) is 5.75 Å². The van der Waals surface area contributed by atoms with Gasteiger partial charge in [-0.25, -0.2) is 4.98 Å². The Bertz CT molecular complexity index is 510. The molecule has 0 aliphatic rings. The van der Waals surface area contributed by atoms with Crippen LogP contribution < -0.4 is 5.32 Å². The van der Waals surface area contributed by atoms with E-state index in [9.17, 15) is 5.11 Å². The van der Waals surface area contributed by atoms with Crippen molar-refractivity contribution < 1.29 is 5.11 Å². The SMILES string of the molecule is CCn1cncc1CNc1ccc(O)c(Cl)c1. The second-order valence-corrected chi connectivity index (χ2v) is 4.10. The molecule has 0 amide bonds. The number of benzene rings is 1. The van der Waals surface area contributed by atoms with E-state index < -0.39 is 0 Å². The second-order valence-electron chi connectivity index (χ2n) is 3.69. The van der Waals surface area contributed by atoms with Crippen molar-refractivity contribution in [1.29, 1.82) is 0 Å². The lowest BCUT2D eigenvalue weighted by Crippen LogP contribution is -2.05. The minimum Gasteiger partial charge on any atom is -0.506 e. The van der Waals surface area contributed by atoms with Crippen LogP contribution in [-0.4, -0.2) is 14.7 Å². The summed E-state index contributed by atoms with van der Waals surface area (Å²) in [7, 11) is 0. The zero-order chi connectivity index (χ0) is 12.3. The Hall–Kier alpha value is -1.68. The quantitative estimate of drug-likeness (QED) is 0.822. The maximum atomic E-state index is 9.30. The van der Waals surface area contributed by atoms with Crippen molar-refractivity contribution in [1.82, 2.24) is 9.55 Å². The predicted octanol–water partition coefficient (Wildman–Crippen LogP) is 2.87. The van der Waals surface area contributed by atoms with Gasteiger partial charge in [-0.05, 0) is 25.1 Å². The first-order valence-corrected chi connectivity index (χ1v) is 5.80. The Morgan fingerprint density at radius 1 is 1.47 bits per heavy atom. The largest absolute Gasteiger partial charge is 0.506 e. The molecular weight excluding hydrogens is 238 g/mol. The summed E-state index contributed by atoms with van der Waals surface area (Å²) in [6.07, 6.45) is 3.64. The van der Waals surface area contributed by atoms with Crippen LogP contribution in [0.4, 0.5) is 5.69 Å². The summed E-state index contributed by atoms with van der Waals surface area (Å²) >= 11 is 5.83. The lowest BCUT2D eigenvalue weighted by atomic mass is 10.3. The van der Waals surface area contributed by atoms with E-state index in [1.807, 2.05) is 6.20 Å². The van der Waals surface area contributed by atoms with Gasteiger partial charge >= 0.3 is 0 Å². The zero-order valence-corrected chi connectivity index (χ0v) is 10.3. The highest BCUT2D eigenvalue weighted by Crippen LogP contribution is 2.26. The molecule has 2 N–H and O–H groups in total. The van der Waals surface area contributed by atoms with Crippen molar-refractivity contribution in [2.24, 2.45) is 0 Å².